The Morgan fingerprint density at radius 3 is 1.73 bits per heavy atom. The summed E-state index contributed by atoms with van der Waals surface area (Å²) in [6.07, 6.45) is 0.876. The number of aromatic nitrogens is 1. The number of aliphatic carboxylic acids is 1. The Bertz CT molecular complexity index is 1920. The molecule has 0 saturated carbocycles. The fourth-order valence-electron chi connectivity index (χ4n) is 7.41. The van der Waals surface area contributed by atoms with Crippen LogP contribution in [0.3, 0.4) is 0 Å². The summed E-state index contributed by atoms with van der Waals surface area (Å²) in [5.74, 6) is -5.27. The molecular formula is C46H72N8O9. The molecule has 1 aromatic carbocycles. The van der Waals surface area contributed by atoms with Crippen LogP contribution < -0.4 is 16.4 Å². The maximum Gasteiger partial charge on any atom is 0.345 e. The van der Waals surface area contributed by atoms with Crippen LogP contribution in [0, 0.1) is 35.0 Å². The van der Waals surface area contributed by atoms with Crippen LogP contribution in [0.1, 0.15) is 106 Å². The minimum absolute atomic E-state index is 0.00810. The van der Waals surface area contributed by atoms with Crippen molar-refractivity contribution in [2.24, 2.45) is 29.4 Å². The third kappa shape index (κ3) is 16.0. The number of para-hydroxylation sites is 1. The van der Waals surface area contributed by atoms with Crippen molar-refractivity contribution in [2.75, 3.05) is 21.1 Å². The number of carboxylic acids is 1. The van der Waals surface area contributed by atoms with E-state index in [4.69, 9.17) is 15.7 Å². The monoisotopic (exact) mass is 881 g/mol. The lowest BCUT2D eigenvalue weighted by atomic mass is 9.96. The smallest absolute Gasteiger partial charge is 0.345 e. The number of esters is 1. The van der Waals surface area contributed by atoms with Crippen molar-refractivity contribution in [3.05, 3.63) is 36.0 Å². The third-order valence-corrected chi connectivity index (χ3v) is 11.0. The highest BCUT2D eigenvalue weighted by molar-refractivity contribution is 5.97. The zero-order valence-electron chi connectivity index (χ0n) is 39.3. The van der Waals surface area contributed by atoms with E-state index in [1.165, 1.54) is 30.8 Å². The summed E-state index contributed by atoms with van der Waals surface area (Å²) in [7, 11) is 4.36. The molecule has 63 heavy (non-hydrogen) atoms. The predicted molar refractivity (Wildman–Crippen MR) is 239 cm³/mol. The van der Waals surface area contributed by atoms with Crippen molar-refractivity contribution in [3.8, 4) is 6.07 Å². The first kappa shape index (κ1) is 53.6. The van der Waals surface area contributed by atoms with Gasteiger partial charge < -0.3 is 45.9 Å². The average Bonchev–Trinajstić information content (AvgIpc) is 3.62. The van der Waals surface area contributed by atoms with Crippen LogP contribution in [0.25, 0.3) is 10.9 Å². The van der Waals surface area contributed by atoms with Gasteiger partial charge >= 0.3 is 11.9 Å². The number of rotatable bonds is 25. The maximum atomic E-state index is 14.7. The first-order valence-electron chi connectivity index (χ1n) is 21.9. The molecule has 350 valence electrons. The Morgan fingerprint density at radius 2 is 1.22 bits per heavy atom. The third-order valence-electron chi connectivity index (χ3n) is 11.0. The summed E-state index contributed by atoms with van der Waals surface area (Å²) < 4.78 is 5.17. The van der Waals surface area contributed by atoms with Crippen LogP contribution in [0.2, 0.25) is 0 Å². The Kier molecular flexibility index (Phi) is 21.3. The molecular weight excluding hydrogens is 809 g/mol. The van der Waals surface area contributed by atoms with Gasteiger partial charge in [0.25, 0.3) is 0 Å². The molecule has 5 amide bonds. The lowest BCUT2D eigenvalue weighted by Crippen LogP contribution is -2.60. The van der Waals surface area contributed by atoms with Crippen molar-refractivity contribution >= 4 is 52.4 Å². The summed E-state index contributed by atoms with van der Waals surface area (Å²) >= 11 is 0. The minimum Gasteiger partial charge on any atom is -0.479 e. The summed E-state index contributed by atoms with van der Waals surface area (Å²) in [5.41, 5.74) is 7.79. The lowest BCUT2D eigenvalue weighted by Gasteiger charge is -2.35. The van der Waals surface area contributed by atoms with E-state index in [-0.39, 0.29) is 61.7 Å². The number of carbonyl (C=O) groups is 7. The molecule has 6 N–H and O–H groups in total. The molecule has 0 fully saturated rings. The van der Waals surface area contributed by atoms with E-state index in [9.17, 15) is 38.7 Å². The number of carboxylic acid groups (broad SMARTS) is 1. The Balaban J connectivity index is 2.56. The maximum absolute atomic E-state index is 14.7. The highest BCUT2D eigenvalue weighted by Crippen LogP contribution is 2.23. The van der Waals surface area contributed by atoms with Crippen molar-refractivity contribution in [2.45, 2.75) is 150 Å². The predicted octanol–water partition coefficient (Wildman–Crippen LogP) is 3.99. The van der Waals surface area contributed by atoms with Crippen LogP contribution in [-0.4, -0.2) is 130 Å². The molecule has 2 aromatic rings. The van der Waals surface area contributed by atoms with Gasteiger partial charge in [0.2, 0.25) is 29.5 Å². The van der Waals surface area contributed by atoms with Gasteiger partial charge in [0.05, 0.1) is 12.1 Å². The van der Waals surface area contributed by atoms with E-state index in [1.54, 1.807) is 13.2 Å². The van der Waals surface area contributed by atoms with Crippen molar-refractivity contribution < 1.29 is 43.4 Å². The molecule has 0 saturated heterocycles. The largest absolute Gasteiger partial charge is 0.479 e. The zero-order chi connectivity index (χ0) is 47.9. The second-order valence-electron chi connectivity index (χ2n) is 18.3. The summed E-state index contributed by atoms with van der Waals surface area (Å²) in [4.78, 5) is 103. The van der Waals surface area contributed by atoms with Crippen LogP contribution >= 0.6 is 0 Å². The lowest BCUT2D eigenvalue weighted by molar-refractivity contribution is -0.169. The van der Waals surface area contributed by atoms with E-state index in [0.29, 0.717) is 18.4 Å². The van der Waals surface area contributed by atoms with Crippen LogP contribution in [0.4, 0.5) is 0 Å². The number of likely N-dealkylation sites (N-methyl/N-ethyl adjacent to an activating group) is 3. The van der Waals surface area contributed by atoms with Gasteiger partial charge in [0, 0.05) is 57.5 Å². The quantitative estimate of drug-likeness (QED) is 0.0893. The molecule has 0 unspecified atom stereocenters. The Labute approximate surface area is 372 Å². The molecule has 7 atom stereocenters. The molecule has 17 nitrogen and oxygen atoms in total. The van der Waals surface area contributed by atoms with Gasteiger partial charge in [0.1, 0.15) is 30.2 Å². The molecule has 0 bridgehead atoms. The standard InChI is InChI=1S/C46H72N8O9/c1-26(2)20-33(48)42(57)53(11)37(23-29(7)8)40(55)51-36(22-28(5)6)44(59)54(12)38(24-31-25-49-34-17-14-13-16-32(31)34)41(56)50-35(21-27(3)4)43(58)52(10)30(9)46(62)63-39(45(60)61)18-15-19-47/h13-14,16-17,25-30,33,35-39,49H,15,18,20-24,48H2,1-12H3,(H,50,56)(H,51,55)(H,60,61)/t30-,33-,35-,36-,37-,38-,39+/m0/s1. The molecule has 0 spiro atoms. The van der Waals surface area contributed by atoms with E-state index in [2.05, 4.69) is 15.6 Å². The summed E-state index contributed by atoms with van der Waals surface area (Å²) in [5, 5.41) is 25.0. The topological polar surface area (TPSA) is 248 Å². The summed E-state index contributed by atoms with van der Waals surface area (Å²) in [6.45, 7) is 16.6. The minimum atomic E-state index is -1.59. The number of fused-ring (bicyclic) bond motifs is 1. The second kappa shape index (κ2) is 25.0. The van der Waals surface area contributed by atoms with E-state index in [0.717, 1.165) is 15.8 Å². The number of hydrogen-bond donors (Lipinski definition) is 5. The number of benzene rings is 1. The molecule has 17 heteroatoms. The number of nitrogens with zero attached hydrogens (tertiary/aromatic N) is 4. The number of H-pyrrole nitrogens is 1. The SMILES string of the molecule is CC(C)C[C@H](NC(=O)[C@H](Cc1c[nH]c2ccccc12)N(C)C(=O)[C@H](CC(C)C)NC(=O)[C@H](CC(C)C)N(C)C(=O)[C@@H](N)CC(C)C)C(=O)N(C)[C@@H](C)C(=O)O[C@H](CCC#N)C(=O)O. The first-order valence-corrected chi connectivity index (χ1v) is 21.9. The van der Waals surface area contributed by atoms with Crippen LogP contribution in [0.5, 0.6) is 0 Å². The number of nitrogens with two attached hydrogens (primary N) is 1. The highest BCUT2D eigenvalue weighted by atomic mass is 16.6. The molecule has 2 rings (SSSR count). The van der Waals surface area contributed by atoms with Gasteiger partial charge in [-0.3, -0.25) is 24.0 Å². The van der Waals surface area contributed by atoms with E-state index < -0.39 is 77.9 Å². The number of hydrogen-bond acceptors (Lipinski definition) is 10. The van der Waals surface area contributed by atoms with Crippen molar-refractivity contribution in [1.82, 2.24) is 30.3 Å². The summed E-state index contributed by atoms with van der Waals surface area (Å²) in [6, 6.07) is 2.80. The van der Waals surface area contributed by atoms with Gasteiger partial charge in [-0.25, -0.2) is 9.59 Å². The fraction of sp³-hybridized carbons (Fsp3) is 0.652. The van der Waals surface area contributed by atoms with Gasteiger partial charge in [-0.1, -0.05) is 73.6 Å². The van der Waals surface area contributed by atoms with Crippen molar-refractivity contribution in [3.63, 3.8) is 0 Å². The van der Waals surface area contributed by atoms with Gasteiger partial charge in [0.15, 0.2) is 6.10 Å². The Morgan fingerprint density at radius 1 is 0.730 bits per heavy atom. The molecule has 0 aliphatic carbocycles. The molecule has 0 aliphatic heterocycles. The van der Waals surface area contributed by atoms with E-state index in [1.807, 2.05) is 85.7 Å². The number of amides is 5. The normalized spacial score (nSPS) is 14.9. The number of nitrogens with one attached hydrogen (secondary N) is 3. The average molecular weight is 881 g/mol. The van der Waals surface area contributed by atoms with Gasteiger partial charge in [-0.15, -0.1) is 0 Å². The van der Waals surface area contributed by atoms with Crippen molar-refractivity contribution in [1.29, 1.82) is 5.26 Å². The fourth-order valence-corrected chi connectivity index (χ4v) is 7.41. The molecule has 0 radical (unpaired) electrons. The number of nitriles is 1. The molecule has 1 heterocycles. The molecule has 0 aliphatic rings. The Hall–Kier alpha value is -5.50. The molecule has 1 aromatic heterocycles. The van der Waals surface area contributed by atoms with Crippen LogP contribution in [-0.2, 0) is 44.7 Å². The second-order valence-corrected chi connectivity index (χ2v) is 18.3. The number of aromatic amines is 1. The highest BCUT2D eigenvalue weighted by Gasteiger charge is 2.39. The number of ether oxygens (including phenoxy) is 1. The van der Waals surface area contributed by atoms with E-state index >= 15 is 0 Å². The zero-order valence-corrected chi connectivity index (χ0v) is 39.3. The first-order chi connectivity index (χ1) is 29.4. The van der Waals surface area contributed by atoms with Gasteiger partial charge in [-0.2, -0.15) is 5.26 Å². The number of carbonyl (C=O) groups excluding carboxylic acids is 6. The van der Waals surface area contributed by atoms with Gasteiger partial charge in [-0.05, 0) is 67.9 Å². The van der Waals surface area contributed by atoms with Crippen LogP contribution in [0.15, 0.2) is 30.5 Å².